The zero-order valence-corrected chi connectivity index (χ0v) is 10.3. The lowest BCUT2D eigenvalue weighted by atomic mass is 9.90. The van der Waals surface area contributed by atoms with E-state index in [1.165, 1.54) is 0 Å². The molecule has 0 heterocycles. The highest BCUT2D eigenvalue weighted by Gasteiger charge is 2.33. The molecular weight excluding hydrogens is 237 g/mol. The van der Waals surface area contributed by atoms with Gasteiger partial charge in [-0.05, 0) is 18.8 Å². The number of rotatable bonds is 6. The molecule has 0 aromatic heterocycles. The molecule has 0 unspecified atom stereocenters. The summed E-state index contributed by atoms with van der Waals surface area (Å²) in [4.78, 5) is 11.3. The number of esters is 1. The first-order valence-electron chi connectivity index (χ1n) is 5.50. The molecule has 0 amide bonds. The van der Waals surface area contributed by atoms with Gasteiger partial charge in [-0.2, -0.15) is 13.2 Å². The van der Waals surface area contributed by atoms with Crippen molar-refractivity contribution in [3.8, 4) is 0 Å². The molecule has 1 N–H and O–H groups in total. The number of hydrogen-bond donors (Lipinski definition) is 1. The maximum atomic E-state index is 12.0. The minimum absolute atomic E-state index is 0.0969. The molecule has 0 aliphatic heterocycles. The zero-order valence-electron chi connectivity index (χ0n) is 10.3. The van der Waals surface area contributed by atoms with Crippen LogP contribution in [0.3, 0.4) is 0 Å². The summed E-state index contributed by atoms with van der Waals surface area (Å²) in [5.41, 5.74) is 0. The highest BCUT2D eigenvalue weighted by Crippen LogP contribution is 2.26. The largest absolute Gasteiger partial charge is 0.469 e. The molecule has 2 atom stereocenters. The zero-order chi connectivity index (χ0) is 13.6. The number of methoxy groups -OCH3 is 1. The lowest BCUT2D eigenvalue weighted by Crippen LogP contribution is -2.31. The van der Waals surface area contributed by atoms with Gasteiger partial charge in [-0.15, -0.1) is 0 Å². The van der Waals surface area contributed by atoms with E-state index in [9.17, 15) is 23.1 Å². The Morgan fingerprint density at radius 3 is 2.24 bits per heavy atom. The van der Waals surface area contributed by atoms with Crippen molar-refractivity contribution in [2.45, 2.75) is 45.4 Å². The summed E-state index contributed by atoms with van der Waals surface area (Å²) < 4.78 is 40.5. The maximum absolute atomic E-state index is 12.0. The monoisotopic (exact) mass is 256 g/mol. The summed E-state index contributed by atoms with van der Waals surface area (Å²) in [6, 6.07) is 0. The summed E-state index contributed by atoms with van der Waals surface area (Å²) >= 11 is 0. The van der Waals surface area contributed by atoms with Gasteiger partial charge in [0.1, 0.15) is 0 Å². The highest BCUT2D eigenvalue weighted by atomic mass is 19.4. The van der Waals surface area contributed by atoms with E-state index in [0.717, 1.165) is 7.11 Å². The normalized spacial score (nSPS) is 15.8. The molecule has 17 heavy (non-hydrogen) atoms. The van der Waals surface area contributed by atoms with Gasteiger partial charge in [0.2, 0.25) is 0 Å². The van der Waals surface area contributed by atoms with Crippen molar-refractivity contribution < 1.29 is 27.8 Å². The standard InChI is InChI=1S/C11H19F3O3/c1-7(2)6-8(10(16)17-3)9(15)4-5-11(12,13)14/h7-9,15H,4-6H2,1-3H3/t8-,9-/m1/s1. The number of carbonyl (C=O) groups excluding carboxylic acids is 1. The number of aliphatic hydroxyl groups excluding tert-OH is 1. The van der Waals surface area contributed by atoms with Crippen LogP contribution in [0.25, 0.3) is 0 Å². The van der Waals surface area contributed by atoms with Crippen LogP contribution < -0.4 is 0 Å². The van der Waals surface area contributed by atoms with Gasteiger partial charge in [0.25, 0.3) is 0 Å². The molecule has 0 radical (unpaired) electrons. The van der Waals surface area contributed by atoms with E-state index in [0.29, 0.717) is 6.42 Å². The SMILES string of the molecule is COC(=O)[C@H](CC(C)C)[C@H](O)CCC(F)(F)F. The van der Waals surface area contributed by atoms with Crippen LogP contribution in [0.2, 0.25) is 0 Å². The van der Waals surface area contributed by atoms with Crippen LogP contribution in [0, 0.1) is 11.8 Å². The van der Waals surface area contributed by atoms with Crippen LogP contribution in [0.1, 0.15) is 33.1 Å². The molecule has 0 aliphatic rings. The van der Waals surface area contributed by atoms with Crippen LogP contribution in [0.4, 0.5) is 13.2 Å². The summed E-state index contributed by atoms with van der Waals surface area (Å²) in [5.74, 6) is -1.45. The van der Waals surface area contributed by atoms with Crippen molar-refractivity contribution >= 4 is 5.97 Å². The molecule has 0 fully saturated rings. The predicted octanol–water partition coefficient (Wildman–Crippen LogP) is 2.53. The fourth-order valence-electron chi connectivity index (χ4n) is 1.58. The molecule has 0 saturated carbocycles. The fraction of sp³-hybridized carbons (Fsp3) is 0.909. The predicted molar refractivity (Wildman–Crippen MR) is 56.3 cm³/mol. The van der Waals surface area contributed by atoms with Gasteiger partial charge in [-0.25, -0.2) is 0 Å². The second-order valence-corrected chi connectivity index (χ2v) is 4.48. The van der Waals surface area contributed by atoms with Gasteiger partial charge in [-0.3, -0.25) is 4.79 Å². The smallest absolute Gasteiger partial charge is 0.389 e. The van der Waals surface area contributed by atoms with E-state index in [1.807, 2.05) is 13.8 Å². The summed E-state index contributed by atoms with van der Waals surface area (Å²) in [5, 5.41) is 9.62. The Bertz CT molecular complexity index is 239. The second kappa shape index (κ2) is 6.83. The number of alkyl halides is 3. The molecular formula is C11H19F3O3. The van der Waals surface area contributed by atoms with Crippen LogP contribution >= 0.6 is 0 Å². The molecule has 102 valence electrons. The molecule has 0 aromatic carbocycles. The molecule has 0 saturated heterocycles. The fourth-order valence-corrected chi connectivity index (χ4v) is 1.58. The Morgan fingerprint density at radius 1 is 1.35 bits per heavy atom. The Morgan fingerprint density at radius 2 is 1.88 bits per heavy atom. The van der Waals surface area contributed by atoms with Gasteiger partial charge in [0.05, 0.1) is 19.1 Å². The van der Waals surface area contributed by atoms with Crippen molar-refractivity contribution in [2.75, 3.05) is 7.11 Å². The number of carbonyl (C=O) groups is 1. The average Bonchev–Trinajstić information content (AvgIpc) is 2.20. The Balaban J connectivity index is 4.42. The third-order valence-electron chi connectivity index (χ3n) is 2.42. The Kier molecular flexibility index (Phi) is 6.52. The van der Waals surface area contributed by atoms with E-state index in [4.69, 9.17) is 0 Å². The van der Waals surface area contributed by atoms with Crippen molar-refractivity contribution in [3.63, 3.8) is 0 Å². The molecule has 0 aliphatic carbocycles. The van der Waals surface area contributed by atoms with E-state index in [1.54, 1.807) is 0 Å². The quantitative estimate of drug-likeness (QED) is 0.743. The first kappa shape index (κ1) is 16.2. The van der Waals surface area contributed by atoms with Gasteiger partial charge in [-0.1, -0.05) is 13.8 Å². The Labute approximate surface area is 99.0 Å². The maximum Gasteiger partial charge on any atom is 0.389 e. The minimum Gasteiger partial charge on any atom is -0.469 e. The van der Waals surface area contributed by atoms with Gasteiger partial charge in [0, 0.05) is 6.42 Å². The van der Waals surface area contributed by atoms with Crippen LogP contribution in [-0.2, 0) is 9.53 Å². The van der Waals surface area contributed by atoms with Crippen LogP contribution in [0.15, 0.2) is 0 Å². The average molecular weight is 256 g/mol. The number of halogens is 3. The highest BCUT2D eigenvalue weighted by molar-refractivity contribution is 5.72. The third kappa shape index (κ3) is 7.20. The molecule has 6 heteroatoms. The first-order chi connectivity index (χ1) is 7.67. The van der Waals surface area contributed by atoms with E-state index < -0.39 is 37.0 Å². The number of hydrogen-bond acceptors (Lipinski definition) is 3. The Hall–Kier alpha value is -0.780. The van der Waals surface area contributed by atoms with Crippen molar-refractivity contribution in [1.82, 2.24) is 0 Å². The third-order valence-corrected chi connectivity index (χ3v) is 2.42. The van der Waals surface area contributed by atoms with E-state index >= 15 is 0 Å². The minimum atomic E-state index is -4.32. The van der Waals surface area contributed by atoms with Crippen molar-refractivity contribution in [2.24, 2.45) is 11.8 Å². The van der Waals surface area contributed by atoms with Gasteiger partial charge < -0.3 is 9.84 Å². The summed E-state index contributed by atoms with van der Waals surface area (Å²) in [6.07, 6.45) is -6.90. The van der Waals surface area contributed by atoms with Crippen LogP contribution in [-0.4, -0.2) is 30.5 Å². The van der Waals surface area contributed by atoms with E-state index in [-0.39, 0.29) is 5.92 Å². The van der Waals surface area contributed by atoms with Crippen molar-refractivity contribution in [1.29, 1.82) is 0 Å². The lowest BCUT2D eigenvalue weighted by Gasteiger charge is -2.22. The number of ether oxygens (including phenoxy) is 1. The van der Waals surface area contributed by atoms with Crippen molar-refractivity contribution in [3.05, 3.63) is 0 Å². The molecule has 0 aromatic rings. The van der Waals surface area contributed by atoms with Gasteiger partial charge in [0.15, 0.2) is 0 Å². The second-order valence-electron chi connectivity index (χ2n) is 4.48. The molecule has 0 spiro atoms. The first-order valence-corrected chi connectivity index (χ1v) is 5.50. The molecule has 0 bridgehead atoms. The molecule has 0 rings (SSSR count). The lowest BCUT2D eigenvalue weighted by molar-refractivity contribution is -0.156. The summed E-state index contributed by atoms with van der Waals surface area (Å²) in [7, 11) is 1.16. The summed E-state index contributed by atoms with van der Waals surface area (Å²) in [6.45, 7) is 3.65. The molecule has 3 nitrogen and oxygen atoms in total. The topological polar surface area (TPSA) is 46.5 Å². The van der Waals surface area contributed by atoms with Gasteiger partial charge >= 0.3 is 12.1 Å². The number of aliphatic hydroxyl groups is 1. The van der Waals surface area contributed by atoms with Crippen LogP contribution in [0.5, 0.6) is 0 Å². The van der Waals surface area contributed by atoms with E-state index in [2.05, 4.69) is 4.74 Å².